The van der Waals surface area contributed by atoms with Gasteiger partial charge < -0.3 is 5.73 Å². The predicted molar refractivity (Wildman–Crippen MR) is 67.3 cm³/mol. The minimum Gasteiger partial charge on any atom is -0.320 e. The van der Waals surface area contributed by atoms with Gasteiger partial charge in [0, 0.05) is 12.7 Å². The van der Waals surface area contributed by atoms with Crippen LogP contribution < -0.4 is 5.73 Å². The van der Waals surface area contributed by atoms with Crippen molar-refractivity contribution in [2.45, 2.75) is 32.4 Å². The molecule has 0 spiro atoms. The molecule has 5 heteroatoms. The number of hydrogen-bond acceptors (Lipinski definition) is 3. The predicted octanol–water partition coefficient (Wildman–Crippen LogP) is 1.85. The van der Waals surface area contributed by atoms with Gasteiger partial charge in [-0.3, -0.25) is 9.67 Å². The molecule has 0 aliphatic carbocycles. The van der Waals surface area contributed by atoms with E-state index in [9.17, 15) is 4.39 Å². The van der Waals surface area contributed by atoms with Crippen LogP contribution in [-0.2, 0) is 18.5 Å². The van der Waals surface area contributed by atoms with Crippen molar-refractivity contribution in [3.05, 3.63) is 47.8 Å². The lowest BCUT2D eigenvalue weighted by atomic mass is 9.91. The monoisotopic (exact) mass is 248 g/mol. The van der Waals surface area contributed by atoms with Crippen LogP contribution in [0, 0.1) is 5.82 Å². The molecule has 0 radical (unpaired) electrons. The molecule has 0 aliphatic heterocycles. The molecule has 2 aromatic heterocycles. The van der Waals surface area contributed by atoms with Crippen LogP contribution >= 0.6 is 0 Å². The van der Waals surface area contributed by atoms with Crippen LogP contribution in [0.5, 0.6) is 0 Å². The number of aryl methyl sites for hydroxylation is 1. The molecule has 1 unspecified atom stereocenters. The minimum atomic E-state index is -0.630. The highest BCUT2D eigenvalue weighted by molar-refractivity contribution is 5.19. The Morgan fingerprint density at radius 1 is 1.39 bits per heavy atom. The topological polar surface area (TPSA) is 56.7 Å². The molecule has 0 aliphatic rings. The summed E-state index contributed by atoms with van der Waals surface area (Å²) < 4.78 is 14.7. The number of pyridine rings is 1. The van der Waals surface area contributed by atoms with Gasteiger partial charge in [-0.25, -0.2) is 4.39 Å². The molecule has 2 N–H and O–H groups in total. The van der Waals surface area contributed by atoms with Gasteiger partial charge in [-0.2, -0.15) is 5.10 Å². The summed E-state index contributed by atoms with van der Waals surface area (Å²) in [6, 6.07) is 3.00. The fourth-order valence-corrected chi connectivity index (χ4v) is 1.90. The Bertz CT molecular complexity index is 516. The summed E-state index contributed by atoms with van der Waals surface area (Å²) in [5.41, 5.74) is 7.34. The lowest BCUT2D eigenvalue weighted by molar-refractivity contribution is 0.472. The van der Waals surface area contributed by atoms with E-state index >= 15 is 0 Å². The molecule has 2 aromatic rings. The Morgan fingerprint density at radius 3 is 2.72 bits per heavy atom. The van der Waals surface area contributed by atoms with Gasteiger partial charge in [0.15, 0.2) is 0 Å². The lowest BCUT2D eigenvalue weighted by Crippen LogP contribution is -2.36. The summed E-state index contributed by atoms with van der Waals surface area (Å²) in [6.07, 6.45) is 5.58. The van der Waals surface area contributed by atoms with E-state index in [2.05, 4.69) is 10.1 Å². The second kappa shape index (κ2) is 4.86. The van der Waals surface area contributed by atoms with Crippen LogP contribution in [0.25, 0.3) is 0 Å². The third-order valence-corrected chi connectivity index (χ3v) is 2.89. The first-order valence-corrected chi connectivity index (χ1v) is 5.93. The average Bonchev–Trinajstić information content (AvgIpc) is 2.76. The maximum absolute atomic E-state index is 12.8. The molecular formula is C13H17FN4. The minimum absolute atomic E-state index is 0.353. The Morgan fingerprint density at radius 2 is 2.17 bits per heavy atom. The van der Waals surface area contributed by atoms with Crippen molar-refractivity contribution in [1.29, 1.82) is 0 Å². The summed E-state index contributed by atoms with van der Waals surface area (Å²) in [4.78, 5) is 4.05. The number of nitrogens with zero attached hydrogens (tertiary/aromatic N) is 3. The van der Waals surface area contributed by atoms with Crippen molar-refractivity contribution in [3.63, 3.8) is 0 Å². The van der Waals surface area contributed by atoms with Crippen LogP contribution in [0.4, 0.5) is 4.39 Å². The van der Waals surface area contributed by atoms with Crippen molar-refractivity contribution >= 4 is 0 Å². The standard InChI is InChI=1S/C13H17FN4/c1-3-18-9-10(7-17-18)6-13(2,15)12-5-4-11(14)8-16-12/h4-5,7-9H,3,6,15H2,1-2H3. The highest BCUT2D eigenvalue weighted by Crippen LogP contribution is 2.20. The van der Waals surface area contributed by atoms with Gasteiger partial charge in [-0.15, -0.1) is 0 Å². The van der Waals surface area contributed by atoms with Crippen LogP contribution in [0.1, 0.15) is 25.1 Å². The van der Waals surface area contributed by atoms with E-state index in [0.717, 1.165) is 12.1 Å². The molecule has 0 saturated heterocycles. The zero-order valence-electron chi connectivity index (χ0n) is 10.6. The molecule has 0 bridgehead atoms. The number of nitrogens with two attached hydrogens (primary N) is 1. The summed E-state index contributed by atoms with van der Waals surface area (Å²) in [5, 5.41) is 4.21. The highest BCUT2D eigenvalue weighted by Gasteiger charge is 2.24. The first-order chi connectivity index (χ1) is 8.51. The molecule has 0 saturated carbocycles. The van der Waals surface area contributed by atoms with Crippen molar-refractivity contribution in [2.24, 2.45) is 5.73 Å². The van der Waals surface area contributed by atoms with Crippen molar-refractivity contribution in [1.82, 2.24) is 14.8 Å². The Hall–Kier alpha value is -1.75. The van der Waals surface area contributed by atoms with E-state index in [1.165, 1.54) is 12.3 Å². The van der Waals surface area contributed by atoms with Gasteiger partial charge >= 0.3 is 0 Å². The zero-order valence-corrected chi connectivity index (χ0v) is 10.6. The van der Waals surface area contributed by atoms with Gasteiger partial charge in [-0.1, -0.05) is 0 Å². The largest absolute Gasteiger partial charge is 0.320 e. The van der Waals surface area contributed by atoms with E-state index in [-0.39, 0.29) is 5.82 Å². The van der Waals surface area contributed by atoms with Crippen LogP contribution in [-0.4, -0.2) is 14.8 Å². The van der Waals surface area contributed by atoms with E-state index in [1.54, 1.807) is 12.3 Å². The van der Waals surface area contributed by atoms with Gasteiger partial charge in [-0.05, 0) is 38.0 Å². The summed E-state index contributed by atoms with van der Waals surface area (Å²) in [6.45, 7) is 4.74. The number of hydrogen-bond donors (Lipinski definition) is 1. The van der Waals surface area contributed by atoms with Gasteiger partial charge in [0.1, 0.15) is 5.82 Å². The Kier molecular flexibility index (Phi) is 3.43. The maximum Gasteiger partial charge on any atom is 0.141 e. The maximum atomic E-state index is 12.8. The number of halogens is 1. The molecule has 2 heterocycles. The SMILES string of the molecule is CCn1cc(CC(C)(N)c2ccc(F)cn2)cn1. The molecule has 18 heavy (non-hydrogen) atoms. The molecule has 0 aromatic carbocycles. The first kappa shape index (κ1) is 12.7. The van der Waals surface area contributed by atoms with Crippen LogP contribution in [0.3, 0.4) is 0 Å². The second-order valence-corrected chi connectivity index (χ2v) is 4.66. The van der Waals surface area contributed by atoms with Crippen LogP contribution in [0.2, 0.25) is 0 Å². The third-order valence-electron chi connectivity index (χ3n) is 2.89. The van der Waals surface area contributed by atoms with Gasteiger partial charge in [0.25, 0.3) is 0 Å². The normalized spacial score (nSPS) is 14.4. The van der Waals surface area contributed by atoms with Gasteiger partial charge in [0.2, 0.25) is 0 Å². The number of aromatic nitrogens is 3. The van der Waals surface area contributed by atoms with E-state index in [0.29, 0.717) is 12.1 Å². The molecule has 4 nitrogen and oxygen atoms in total. The zero-order chi connectivity index (χ0) is 13.2. The molecule has 2 rings (SSSR count). The summed E-state index contributed by atoms with van der Waals surface area (Å²) in [5.74, 6) is -0.353. The highest BCUT2D eigenvalue weighted by atomic mass is 19.1. The molecule has 96 valence electrons. The van der Waals surface area contributed by atoms with Gasteiger partial charge in [0.05, 0.1) is 23.6 Å². The summed E-state index contributed by atoms with van der Waals surface area (Å²) >= 11 is 0. The van der Waals surface area contributed by atoms with E-state index in [1.807, 2.05) is 24.7 Å². The fourth-order valence-electron chi connectivity index (χ4n) is 1.90. The molecule has 0 amide bonds. The fraction of sp³-hybridized carbons (Fsp3) is 0.385. The number of rotatable bonds is 4. The molecule has 0 fully saturated rings. The van der Waals surface area contributed by atoms with Crippen molar-refractivity contribution < 1.29 is 4.39 Å². The van der Waals surface area contributed by atoms with Crippen LogP contribution in [0.15, 0.2) is 30.7 Å². The smallest absolute Gasteiger partial charge is 0.141 e. The average molecular weight is 248 g/mol. The third kappa shape index (κ3) is 2.73. The second-order valence-electron chi connectivity index (χ2n) is 4.66. The van der Waals surface area contributed by atoms with E-state index in [4.69, 9.17) is 5.73 Å². The lowest BCUT2D eigenvalue weighted by Gasteiger charge is -2.23. The first-order valence-electron chi connectivity index (χ1n) is 5.93. The molecular weight excluding hydrogens is 231 g/mol. The van der Waals surface area contributed by atoms with E-state index < -0.39 is 5.54 Å². The Balaban J connectivity index is 2.18. The molecule has 1 atom stereocenters. The Labute approximate surface area is 106 Å². The van der Waals surface area contributed by atoms with Crippen molar-refractivity contribution in [2.75, 3.05) is 0 Å². The summed E-state index contributed by atoms with van der Waals surface area (Å²) in [7, 11) is 0. The van der Waals surface area contributed by atoms with Crippen molar-refractivity contribution in [3.8, 4) is 0 Å². The quantitative estimate of drug-likeness (QED) is 0.898.